The molecule has 0 radical (unpaired) electrons. The predicted molar refractivity (Wildman–Crippen MR) is 73.3 cm³/mol. The molecule has 1 aliphatic rings. The van der Waals surface area contributed by atoms with E-state index in [0.29, 0.717) is 0 Å². The van der Waals surface area contributed by atoms with Crippen LogP contribution in [0.15, 0.2) is 42.5 Å². The van der Waals surface area contributed by atoms with E-state index < -0.39 is 0 Å². The summed E-state index contributed by atoms with van der Waals surface area (Å²) in [6, 6.07) is 15.6. The van der Waals surface area contributed by atoms with Crippen LogP contribution in [0.3, 0.4) is 0 Å². The number of piperidine rings is 1. The molecule has 2 aromatic carbocycles. The average molecular weight is 225 g/mol. The van der Waals surface area contributed by atoms with Gasteiger partial charge in [0, 0.05) is 0 Å². The summed E-state index contributed by atoms with van der Waals surface area (Å²) in [5.41, 5.74) is 1.51. The van der Waals surface area contributed by atoms with E-state index in [-0.39, 0.29) is 0 Å². The average Bonchev–Trinajstić information content (AvgIpc) is 2.39. The van der Waals surface area contributed by atoms with E-state index in [1.54, 1.807) is 0 Å². The molecule has 1 heteroatoms. The Labute approximate surface area is 103 Å². The quantitative estimate of drug-likeness (QED) is 0.782. The molecule has 1 saturated heterocycles. The van der Waals surface area contributed by atoms with Crippen LogP contribution in [0.4, 0.5) is 0 Å². The molecule has 0 aromatic heterocycles. The number of nitrogens with one attached hydrogen (secondary N) is 1. The summed E-state index contributed by atoms with van der Waals surface area (Å²) >= 11 is 0. The van der Waals surface area contributed by atoms with Crippen LogP contribution in [0, 0.1) is 5.92 Å². The summed E-state index contributed by atoms with van der Waals surface area (Å²) in [6.45, 7) is 4.66. The third-order valence-electron chi connectivity index (χ3n) is 3.99. The summed E-state index contributed by atoms with van der Waals surface area (Å²) < 4.78 is 0. The van der Waals surface area contributed by atoms with Crippen molar-refractivity contribution in [2.45, 2.75) is 19.3 Å². The maximum atomic E-state index is 3.47. The number of fused-ring (bicyclic) bond motifs is 1. The Morgan fingerprint density at radius 2 is 1.88 bits per heavy atom. The summed E-state index contributed by atoms with van der Waals surface area (Å²) in [5.74, 6) is 1.46. The van der Waals surface area contributed by atoms with E-state index in [4.69, 9.17) is 0 Å². The van der Waals surface area contributed by atoms with Crippen molar-refractivity contribution in [2.24, 2.45) is 5.92 Å². The molecule has 0 bridgehead atoms. The topological polar surface area (TPSA) is 12.0 Å². The van der Waals surface area contributed by atoms with Gasteiger partial charge < -0.3 is 5.32 Å². The Balaban J connectivity index is 1.99. The van der Waals surface area contributed by atoms with Crippen LogP contribution in [0.5, 0.6) is 0 Å². The van der Waals surface area contributed by atoms with Crippen LogP contribution in [-0.4, -0.2) is 13.1 Å². The fourth-order valence-electron chi connectivity index (χ4n) is 2.95. The predicted octanol–water partition coefficient (Wildman–Crippen LogP) is 3.55. The molecule has 0 amide bonds. The fourth-order valence-corrected chi connectivity index (χ4v) is 2.95. The first kappa shape index (κ1) is 10.8. The van der Waals surface area contributed by atoms with Gasteiger partial charge in [-0.05, 0) is 47.7 Å². The van der Waals surface area contributed by atoms with Crippen molar-refractivity contribution in [2.75, 3.05) is 13.1 Å². The molecule has 2 atom stereocenters. The highest BCUT2D eigenvalue weighted by Gasteiger charge is 2.22. The van der Waals surface area contributed by atoms with Crippen LogP contribution < -0.4 is 5.32 Å². The van der Waals surface area contributed by atoms with Crippen LogP contribution in [0.2, 0.25) is 0 Å². The number of rotatable bonds is 1. The second kappa shape index (κ2) is 4.50. The highest BCUT2D eigenvalue weighted by Crippen LogP contribution is 2.31. The third kappa shape index (κ3) is 2.07. The van der Waals surface area contributed by atoms with Gasteiger partial charge in [0.25, 0.3) is 0 Å². The van der Waals surface area contributed by atoms with Gasteiger partial charge in [-0.15, -0.1) is 0 Å². The molecule has 2 unspecified atom stereocenters. The van der Waals surface area contributed by atoms with Crippen molar-refractivity contribution >= 4 is 10.8 Å². The van der Waals surface area contributed by atoms with E-state index in [1.807, 2.05) is 0 Å². The Kier molecular flexibility index (Phi) is 2.86. The van der Waals surface area contributed by atoms with Gasteiger partial charge in [-0.3, -0.25) is 0 Å². The van der Waals surface area contributed by atoms with Gasteiger partial charge in [-0.25, -0.2) is 0 Å². The van der Waals surface area contributed by atoms with Gasteiger partial charge in [0.15, 0.2) is 0 Å². The molecule has 0 aliphatic carbocycles. The minimum absolute atomic E-state index is 0.723. The van der Waals surface area contributed by atoms with Crippen molar-refractivity contribution in [1.29, 1.82) is 0 Å². The van der Waals surface area contributed by atoms with Crippen molar-refractivity contribution in [3.8, 4) is 0 Å². The molecule has 0 spiro atoms. The van der Waals surface area contributed by atoms with Gasteiger partial charge in [0.1, 0.15) is 0 Å². The largest absolute Gasteiger partial charge is 0.316 e. The lowest BCUT2D eigenvalue weighted by Crippen LogP contribution is -2.33. The van der Waals surface area contributed by atoms with Crippen LogP contribution in [0.1, 0.15) is 24.8 Å². The minimum Gasteiger partial charge on any atom is -0.316 e. The van der Waals surface area contributed by atoms with E-state index in [1.165, 1.54) is 22.8 Å². The van der Waals surface area contributed by atoms with E-state index >= 15 is 0 Å². The SMILES string of the molecule is CC1CNCCC1c1ccc2ccccc2c1. The third-order valence-corrected chi connectivity index (χ3v) is 3.99. The molecular formula is C16H19N. The standard InChI is InChI=1S/C16H19N/c1-12-11-17-9-8-16(12)15-7-6-13-4-2-3-5-14(13)10-15/h2-7,10,12,16-17H,8-9,11H2,1H3. The molecule has 1 heterocycles. The van der Waals surface area contributed by atoms with Gasteiger partial charge in [-0.2, -0.15) is 0 Å². The Morgan fingerprint density at radius 3 is 2.71 bits per heavy atom. The van der Waals surface area contributed by atoms with Gasteiger partial charge in [0.2, 0.25) is 0 Å². The van der Waals surface area contributed by atoms with Crippen LogP contribution in [0.25, 0.3) is 10.8 Å². The van der Waals surface area contributed by atoms with Crippen molar-refractivity contribution in [3.63, 3.8) is 0 Å². The second-order valence-corrected chi connectivity index (χ2v) is 5.18. The van der Waals surface area contributed by atoms with Crippen LogP contribution in [-0.2, 0) is 0 Å². The van der Waals surface area contributed by atoms with Gasteiger partial charge in [0.05, 0.1) is 0 Å². The Morgan fingerprint density at radius 1 is 1.06 bits per heavy atom. The van der Waals surface area contributed by atoms with Crippen molar-refractivity contribution < 1.29 is 0 Å². The molecule has 1 fully saturated rings. The number of hydrogen-bond donors (Lipinski definition) is 1. The fraction of sp³-hybridized carbons (Fsp3) is 0.375. The summed E-state index contributed by atoms with van der Waals surface area (Å²) in [7, 11) is 0. The molecule has 17 heavy (non-hydrogen) atoms. The Hall–Kier alpha value is -1.34. The molecule has 88 valence electrons. The lowest BCUT2D eigenvalue weighted by molar-refractivity contribution is 0.350. The number of benzene rings is 2. The highest BCUT2D eigenvalue weighted by molar-refractivity contribution is 5.83. The summed E-state index contributed by atoms with van der Waals surface area (Å²) in [6.07, 6.45) is 1.26. The summed E-state index contributed by atoms with van der Waals surface area (Å²) in [4.78, 5) is 0. The molecule has 0 saturated carbocycles. The molecular weight excluding hydrogens is 206 g/mol. The summed E-state index contributed by atoms with van der Waals surface area (Å²) in [5, 5.41) is 6.19. The van der Waals surface area contributed by atoms with Gasteiger partial charge >= 0.3 is 0 Å². The molecule has 1 nitrogen and oxygen atoms in total. The first-order valence-electron chi connectivity index (χ1n) is 6.54. The highest BCUT2D eigenvalue weighted by atomic mass is 14.9. The molecule has 2 aromatic rings. The smallest absolute Gasteiger partial charge is 0.00173 e. The van der Waals surface area contributed by atoms with E-state index in [2.05, 4.69) is 54.7 Å². The van der Waals surface area contributed by atoms with E-state index in [0.717, 1.165) is 24.9 Å². The minimum atomic E-state index is 0.723. The lowest BCUT2D eigenvalue weighted by atomic mass is 9.82. The zero-order valence-corrected chi connectivity index (χ0v) is 10.3. The lowest BCUT2D eigenvalue weighted by Gasteiger charge is -2.30. The maximum Gasteiger partial charge on any atom is -0.00173 e. The Bertz CT molecular complexity index is 518. The molecule has 3 rings (SSSR count). The maximum absolute atomic E-state index is 3.47. The van der Waals surface area contributed by atoms with Crippen molar-refractivity contribution in [3.05, 3.63) is 48.0 Å². The first-order chi connectivity index (χ1) is 8.34. The second-order valence-electron chi connectivity index (χ2n) is 5.18. The van der Waals surface area contributed by atoms with Gasteiger partial charge in [-0.1, -0.05) is 49.4 Å². The zero-order chi connectivity index (χ0) is 11.7. The normalized spacial score (nSPS) is 25.0. The zero-order valence-electron chi connectivity index (χ0n) is 10.3. The monoisotopic (exact) mass is 225 g/mol. The van der Waals surface area contributed by atoms with Crippen LogP contribution >= 0.6 is 0 Å². The number of hydrogen-bond acceptors (Lipinski definition) is 1. The van der Waals surface area contributed by atoms with E-state index in [9.17, 15) is 0 Å². The molecule has 1 N–H and O–H groups in total. The first-order valence-corrected chi connectivity index (χ1v) is 6.54. The molecule has 1 aliphatic heterocycles. The van der Waals surface area contributed by atoms with Crippen molar-refractivity contribution in [1.82, 2.24) is 5.32 Å².